The van der Waals surface area contributed by atoms with Crippen molar-refractivity contribution in [2.24, 2.45) is 0 Å². The van der Waals surface area contributed by atoms with Crippen LogP contribution in [0.2, 0.25) is 0 Å². The Morgan fingerprint density at radius 3 is 2.62 bits per heavy atom. The Hall–Kier alpha value is 0.220. The van der Waals surface area contributed by atoms with E-state index in [4.69, 9.17) is 0 Å². The maximum atomic E-state index is 12.5. The summed E-state index contributed by atoms with van der Waals surface area (Å²) in [6, 6.07) is 1.67. The second-order valence-corrected chi connectivity index (χ2v) is 4.25. The molecule has 0 amide bonds. The van der Waals surface area contributed by atoms with Crippen molar-refractivity contribution in [1.82, 2.24) is 4.98 Å². The summed E-state index contributed by atoms with van der Waals surface area (Å²) in [6.07, 6.45) is -2.44. The first-order valence-electron chi connectivity index (χ1n) is 3.56. The molecular weight excluding hydrogens is 355 g/mol. The summed E-state index contributed by atoms with van der Waals surface area (Å²) in [5.41, 5.74) is 1.24. The summed E-state index contributed by atoms with van der Waals surface area (Å²) in [5.74, 6) is 0. The van der Waals surface area contributed by atoms with Gasteiger partial charge in [0.2, 0.25) is 0 Å². The molecule has 0 bridgehead atoms. The van der Waals surface area contributed by atoms with Crippen LogP contribution in [0.15, 0.2) is 6.07 Å². The van der Waals surface area contributed by atoms with Crippen molar-refractivity contribution in [3.8, 4) is 0 Å². The number of hydrogen-bond donors (Lipinski definition) is 0. The third-order valence-corrected chi connectivity index (χ3v) is 3.07. The van der Waals surface area contributed by atoms with E-state index in [9.17, 15) is 8.78 Å². The Kier molecular flexibility index (Phi) is 4.03. The molecule has 5 heteroatoms. The van der Waals surface area contributed by atoms with Crippen LogP contribution in [0.4, 0.5) is 8.78 Å². The number of aromatic nitrogens is 1. The van der Waals surface area contributed by atoms with Gasteiger partial charge in [0.05, 0.1) is 11.3 Å². The number of hydrogen-bond acceptors (Lipinski definition) is 1. The number of nitrogens with zero attached hydrogens (tertiary/aromatic N) is 1. The summed E-state index contributed by atoms with van der Waals surface area (Å²) in [4.78, 5) is 4.04. The molecule has 0 radical (unpaired) electrons. The first kappa shape index (κ1) is 11.3. The molecule has 0 spiro atoms. The van der Waals surface area contributed by atoms with E-state index in [0.29, 0.717) is 14.6 Å². The van der Waals surface area contributed by atoms with Gasteiger partial charge in [-0.2, -0.15) is 0 Å². The van der Waals surface area contributed by atoms with Crippen LogP contribution < -0.4 is 0 Å². The molecule has 0 aliphatic carbocycles. The van der Waals surface area contributed by atoms with Crippen molar-refractivity contribution in [1.29, 1.82) is 0 Å². The lowest BCUT2D eigenvalue weighted by atomic mass is 10.2. The number of rotatable bonds is 2. The summed E-state index contributed by atoms with van der Waals surface area (Å²) >= 11 is 5.14. The summed E-state index contributed by atoms with van der Waals surface area (Å²) in [7, 11) is 0. The molecule has 0 atom stereocenters. The number of pyridine rings is 1. The lowest BCUT2D eigenvalue weighted by Gasteiger charge is -2.08. The zero-order valence-corrected chi connectivity index (χ0v) is 10.6. The van der Waals surface area contributed by atoms with E-state index >= 15 is 0 Å². The Morgan fingerprint density at radius 1 is 1.62 bits per heavy atom. The molecule has 1 aromatic heterocycles. The normalized spacial score (nSPS) is 10.9. The van der Waals surface area contributed by atoms with Gasteiger partial charge in [-0.05, 0) is 35.6 Å². The van der Waals surface area contributed by atoms with Gasteiger partial charge in [-0.25, -0.2) is 8.78 Å². The van der Waals surface area contributed by atoms with E-state index in [1.54, 1.807) is 13.0 Å². The Morgan fingerprint density at radius 2 is 2.23 bits per heavy atom. The van der Waals surface area contributed by atoms with Gasteiger partial charge in [-0.3, -0.25) is 4.98 Å². The first-order chi connectivity index (χ1) is 6.06. The van der Waals surface area contributed by atoms with Gasteiger partial charge >= 0.3 is 0 Å². The van der Waals surface area contributed by atoms with Crippen LogP contribution in [-0.4, -0.2) is 4.98 Å². The molecule has 0 saturated heterocycles. The van der Waals surface area contributed by atoms with E-state index in [1.807, 2.05) is 22.6 Å². The minimum atomic E-state index is -2.44. The predicted octanol–water partition coefficient (Wildman–Crippen LogP) is 3.83. The fourth-order valence-electron chi connectivity index (χ4n) is 1.04. The van der Waals surface area contributed by atoms with E-state index in [0.717, 1.165) is 5.69 Å². The van der Waals surface area contributed by atoms with Crippen LogP contribution >= 0.6 is 38.5 Å². The first-order valence-corrected chi connectivity index (χ1v) is 5.76. The predicted molar refractivity (Wildman–Crippen MR) is 59.3 cm³/mol. The van der Waals surface area contributed by atoms with Crippen molar-refractivity contribution >= 4 is 38.5 Å². The monoisotopic (exact) mass is 361 g/mol. The number of halogens is 4. The van der Waals surface area contributed by atoms with E-state index in [-0.39, 0.29) is 5.56 Å². The zero-order chi connectivity index (χ0) is 10.0. The van der Waals surface area contributed by atoms with Gasteiger partial charge in [-0.15, -0.1) is 0 Å². The maximum absolute atomic E-state index is 12.5. The second kappa shape index (κ2) is 4.63. The van der Waals surface area contributed by atoms with Gasteiger partial charge in [0, 0.05) is 14.6 Å². The minimum Gasteiger partial charge on any atom is -0.257 e. The molecule has 0 unspecified atom stereocenters. The fraction of sp³-hybridized carbons (Fsp3) is 0.375. The van der Waals surface area contributed by atoms with Crippen molar-refractivity contribution < 1.29 is 8.78 Å². The highest BCUT2D eigenvalue weighted by molar-refractivity contribution is 14.1. The smallest absolute Gasteiger partial charge is 0.257 e. The topological polar surface area (TPSA) is 12.9 Å². The average molecular weight is 362 g/mol. The zero-order valence-electron chi connectivity index (χ0n) is 6.82. The second-order valence-electron chi connectivity index (χ2n) is 2.53. The highest BCUT2D eigenvalue weighted by Gasteiger charge is 2.16. The van der Waals surface area contributed by atoms with E-state index < -0.39 is 6.43 Å². The van der Waals surface area contributed by atoms with E-state index in [1.165, 1.54) is 0 Å². The molecule has 72 valence electrons. The van der Waals surface area contributed by atoms with Crippen LogP contribution in [0, 0.1) is 10.5 Å². The van der Waals surface area contributed by atoms with Gasteiger partial charge in [0.15, 0.2) is 0 Å². The number of aryl methyl sites for hydroxylation is 1. The molecule has 0 aliphatic heterocycles. The summed E-state index contributed by atoms with van der Waals surface area (Å²) in [6.45, 7) is 1.61. The third kappa shape index (κ3) is 2.59. The van der Waals surface area contributed by atoms with Crippen LogP contribution in [0.3, 0.4) is 0 Å². The van der Waals surface area contributed by atoms with Gasteiger partial charge in [0.1, 0.15) is 0 Å². The van der Waals surface area contributed by atoms with Crippen molar-refractivity contribution in [2.75, 3.05) is 0 Å². The van der Waals surface area contributed by atoms with Crippen molar-refractivity contribution in [3.63, 3.8) is 0 Å². The molecule has 1 rings (SSSR count). The highest BCUT2D eigenvalue weighted by atomic mass is 127. The molecular formula is C8H7BrF2IN. The van der Waals surface area contributed by atoms with Gasteiger partial charge < -0.3 is 0 Å². The Labute approximate surface area is 97.2 Å². The quantitative estimate of drug-likeness (QED) is 0.576. The maximum Gasteiger partial charge on any atom is 0.266 e. The lowest BCUT2D eigenvalue weighted by molar-refractivity contribution is 0.149. The average Bonchev–Trinajstić information content (AvgIpc) is 2.02. The van der Waals surface area contributed by atoms with Crippen LogP contribution in [0.25, 0.3) is 0 Å². The molecule has 0 N–H and O–H groups in total. The molecule has 0 fully saturated rings. The number of alkyl halides is 3. The van der Waals surface area contributed by atoms with Crippen LogP contribution in [0.5, 0.6) is 0 Å². The molecule has 1 nitrogen and oxygen atoms in total. The van der Waals surface area contributed by atoms with Crippen molar-refractivity contribution in [2.45, 2.75) is 18.7 Å². The SMILES string of the molecule is Cc1nc(CBr)cc(I)c1C(F)F. The van der Waals surface area contributed by atoms with Crippen LogP contribution in [-0.2, 0) is 5.33 Å². The third-order valence-electron chi connectivity index (χ3n) is 1.61. The lowest BCUT2D eigenvalue weighted by Crippen LogP contribution is -2.00. The van der Waals surface area contributed by atoms with Gasteiger partial charge in [0.25, 0.3) is 6.43 Å². The largest absolute Gasteiger partial charge is 0.266 e. The Balaban J connectivity index is 3.23. The van der Waals surface area contributed by atoms with Crippen LogP contribution in [0.1, 0.15) is 23.4 Å². The summed E-state index contributed by atoms with van der Waals surface area (Å²) < 4.78 is 25.5. The molecule has 1 heterocycles. The molecule has 0 aromatic carbocycles. The van der Waals surface area contributed by atoms with E-state index in [2.05, 4.69) is 20.9 Å². The van der Waals surface area contributed by atoms with Crippen molar-refractivity contribution in [3.05, 3.63) is 26.6 Å². The molecule has 1 aromatic rings. The highest BCUT2D eigenvalue weighted by Crippen LogP contribution is 2.27. The standard InChI is InChI=1S/C8H7BrF2IN/c1-4-7(8(10)11)6(12)2-5(3-9)13-4/h2,8H,3H2,1H3. The van der Waals surface area contributed by atoms with Gasteiger partial charge in [-0.1, -0.05) is 15.9 Å². The minimum absolute atomic E-state index is 0.0466. The molecule has 13 heavy (non-hydrogen) atoms. The molecule has 0 saturated carbocycles. The molecule has 0 aliphatic rings. The Bertz CT molecular complexity index is 294. The fourth-order valence-corrected chi connectivity index (χ4v) is 2.31. The summed E-state index contributed by atoms with van der Waals surface area (Å²) in [5, 5.41) is 0.591.